The first kappa shape index (κ1) is 11.1. The van der Waals surface area contributed by atoms with E-state index in [4.69, 9.17) is 4.74 Å². The lowest BCUT2D eigenvalue weighted by molar-refractivity contribution is -0.145. The highest BCUT2D eigenvalue weighted by atomic mass is 19.1. The van der Waals surface area contributed by atoms with E-state index in [9.17, 15) is 9.18 Å². The van der Waals surface area contributed by atoms with Gasteiger partial charge in [0.2, 0.25) is 0 Å². The fourth-order valence-electron chi connectivity index (χ4n) is 2.26. The molecule has 0 aliphatic heterocycles. The molecule has 0 heterocycles. The fraction of sp³-hybridized carbons (Fsp3) is 0.462. The van der Waals surface area contributed by atoms with Gasteiger partial charge in [-0.25, -0.2) is 4.39 Å². The van der Waals surface area contributed by atoms with Gasteiger partial charge >= 0.3 is 5.97 Å². The number of ether oxygens (including phenoxy) is 1. The van der Waals surface area contributed by atoms with E-state index >= 15 is 0 Å². The van der Waals surface area contributed by atoms with Gasteiger partial charge in [0.05, 0.1) is 6.61 Å². The SMILES string of the molecule is CCOC(=O)[C@H]1[C@H](c2ccccc2)[C@@]1(C)F. The summed E-state index contributed by atoms with van der Waals surface area (Å²) in [6.45, 7) is 3.49. The molecule has 1 saturated carbocycles. The topological polar surface area (TPSA) is 26.3 Å². The van der Waals surface area contributed by atoms with E-state index in [2.05, 4.69) is 0 Å². The number of hydrogen-bond acceptors (Lipinski definition) is 2. The molecular formula is C13H15FO2. The quantitative estimate of drug-likeness (QED) is 0.735. The number of hydrogen-bond donors (Lipinski definition) is 0. The van der Waals surface area contributed by atoms with Crippen molar-refractivity contribution in [1.29, 1.82) is 0 Å². The van der Waals surface area contributed by atoms with Crippen molar-refractivity contribution >= 4 is 5.97 Å². The Balaban J connectivity index is 2.17. The zero-order valence-corrected chi connectivity index (χ0v) is 9.44. The molecule has 1 fully saturated rings. The third kappa shape index (κ3) is 1.70. The number of rotatable bonds is 3. The number of carbonyl (C=O) groups excluding carboxylic acids is 1. The summed E-state index contributed by atoms with van der Waals surface area (Å²) in [5.41, 5.74) is -0.598. The lowest BCUT2D eigenvalue weighted by Gasteiger charge is -1.99. The second kappa shape index (κ2) is 3.89. The van der Waals surface area contributed by atoms with Crippen LogP contribution < -0.4 is 0 Å². The van der Waals surface area contributed by atoms with E-state index in [0.717, 1.165) is 5.56 Å². The molecule has 3 atom stereocenters. The van der Waals surface area contributed by atoms with Crippen molar-refractivity contribution < 1.29 is 13.9 Å². The molecular weight excluding hydrogens is 207 g/mol. The van der Waals surface area contributed by atoms with Crippen LogP contribution in [0.15, 0.2) is 30.3 Å². The van der Waals surface area contributed by atoms with E-state index in [1.165, 1.54) is 6.92 Å². The van der Waals surface area contributed by atoms with Gasteiger partial charge in [-0.15, -0.1) is 0 Å². The van der Waals surface area contributed by atoms with Crippen LogP contribution in [0.1, 0.15) is 25.3 Å². The molecule has 1 aromatic rings. The fourth-order valence-corrected chi connectivity index (χ4v) is 2.26. The maximum Gasteiger partial charge on any atom is 0.312 e. The summed E-state index contributed by atoms with van der Waals surface area (Å²) in [6, 6.07) is 9.28. The number of alkyl halides is 1. The van der Waals surface area contributed by atoms with Gasteiger partial charge in [-0.3, -0.25) is 4.79 Å². The van der Waals surface area contributed by atoms with Crippen LogP contribution in [0.4, 0.5) is 4.39 Å². The highest BCUT2D eigenvalue weighted by molar-refractivity contribution is 5.80. The van der Waals surface area contributed by atoms with Crippen molar-refractivity contribution in [2.45, 2.75) is 25.4 Å². The molecule has 0 unspecified atom stereocenters. The Morgan fingerprint density at radius 3 is 2.62 bits per heavy atom. The minimum absolute atomic E-state index is 0.299. The third-order valence-corrected chi connectivity index (χ3v) is 3.14. The first-order chi connectivity index (χ1) is 7.59. The predicted molar refractivity (Wildman–Crippen MR) is 58.8 cm³/mol. The number of carbonyl (C=O) groups is 1. The lowest BCUT2D eigenvalue weighted by atomic mass is 10.1. The largest absolute Gasteiger partial charge is 0.466 e. The molecule has 3 heteroatoms. The molecule has 0 N–H and O–H groups in total. The van der Waals surface area contributed by atoms with E-state index in [1.807, 2.05) is 30.3 Å². The summed E-state index contributed by atoms with van der Waals surface area (Å²) in [7, 11) is 0. The van der Waals surface area contributed by atoms with Gasteiger partial charge in [0, 0.05) is 5.92 Å². The third-order valence-electron chi connectivity index (χ3n) is 3.14. The summed E-state index contributed by atoms with van der Waals surface area (Å²) in [6.07, 6.45) is 0. The standard InChI is InChI=1S/C13H15FO2/c1-3-16-12(15)11-10(13(11,2)14)9-7-5-4-6-8-9/h4-8,10-11H,3H2,1-2H3/t10-,11+,13+/m0/s1. The van der Waals surface area contributed by atoms with Gasteiger partial charge in [0.1, 0.15) is 11.6 Å². The molecule has 16 heavy (non-hydrogen) atoms. The molecule has 0 aromatic heterocycles. The Bertz CT molecular complexity index is 386. The van der Waals surface area contributed by atoms with E-state index in [1.54, 1.807) is 6.92 Å². The number of halogens is 1. The molecule has 2 rings (SSSR count). The molecule has 1 aliphatic rings. The first-order valence-electron chi connectivity index (χ1n) is 5.49. The van der Waals surface area contributed by atoms with Crippen LogP contribution in [-0.4, -0.2) is 18.2 Å². The second-order valence-electron chi connectivity index (χ2n) is 4.27. The molecule has 1 aliphatic carbocycles. The Hall–Kier alpha value is -1.38. The molecule has 86 valence electrons. The minimum Gasteiger partial charge on any atom is -0.466 e. The molecule has 0 saturated heterocycles. The maximum atomic E-state index is 14.1. The highest BCUT2D eigenvalue weighted by Gasteiger charge is 2.68. The Morgan fingerprint density at radius 1 is 1.44 bits per heavy atom. The zero-order valence-electron chi connectivity index (χ0n) is 9.44. The normalized spacial score (nSPS) is 32.2. The van der Waals surface area contributed by atoms with Gasteiger partial charge in [0.25, 0.3) is 0 Å². The summed E-state index contributed by atoms with van der Waals surface area (Å²) < 4.78 is 19.0. The molecule has 0 bridgehead atoms. The predicted octanol–water partition coefficient (Wildman–Crippen LogP) is 2.69. The molecule has 1 aromatic carbocycles. The van der Waals surface area contributed by atoms with E-state index < -0.39 is 17.6 Å². The van der Waals surface area contributed by atoms with Crippen molar-refractivity contribution in [3.05, 3.63) is 35.9 Å². The smallest absolute Gasteiger partial charge is 0.312 e. The Kier molecular flexibility index (Phi) is 2.70. The average Bonchev–Trinajstić information content (AvgIpc) is 2.83. The average molecular weight is 222 g/mol. The van der Waals surface area contributed by atoms with Gasteiger partial charge in [-0.1, -0.05) is 30.3 Å². The Labute approximate surface area is 94.4 Å². The summed E-state index contributed by atoms with van der Waals surface area (Å²) >= 11 is 0. The van der Waals surface area contributed by atoms with Crippen LogP contribution in [-0.2, 0) is 9.53 Å². The Morgan fingerprint density at radius 2 is 2.06 bits per heavy atom. The molecule has 0 spiro atoms. The van der Waals surface area contributed by atoms with E-state index in [0.29, 0.717) is 6.61 Å². The second-order valence-corrected chi connectivity index (χ2v) is 4.27. The molecule has 0 radical (unpaired) electrons. The van der Waals surface area contributed by atoms with Crippen LogP contribution >= 0.6 is 0 Å². The van der Waals surface area contributed by atoms with Crippen molar-refractivity contribution in [1.82, 2.24) is 0 Å². The summed E-state index contributed by atoms with van der Waals surface area (Å²) in [4.78, 5) is 11.5. The monoisotopic (exact) mass is 222 g/mol. The number of benzene rings is 1. The highest BCUT2D eigenvalue weighted by Crippen LogP contribution is 2.60. The van der Waals surface area contributed by atoms with Gasteiger partial charge in [0.15, 0.2) is 0 Å². The summed E-state index contributed by atoms with van der Waals surface area (Å²) in [5.74, 6) is -1.43. The maximum absolute atomic E-state index is 14.1. The molecule has 0 amide bonds. The van der Waals surface area contributed by atoms with Crippen molar-refractivity contribution in [3.63, 3.8) is 0 Å². The minimum atomic E-state index is -1.46. The van der Waals surface area contributed by atoms with Crippen LogP contribution in [0, 0.1) is 5.92 Å². The van der Waals surface area contributed by atoms with E-state index in [-0.39, 0.29) is 5.92 Å². The van der Waals surface area contributed by atoms with Crippen LogP contribution in [0.2, 0.25) is 0 Å². The summed E-state index contributed by atoms with van der Waals surface area (Å²) in [5, 5.41) is 0. The van der Waals surface area contributed by atoms with Crippen LogP contribution in [0.25, 0.3) is 0 Å². The van der Waals surface area contributed by atoms with Crippen LogP contribution in [0.3, 0.4) is 0 Å². The van der Waals surface area contributed by atoms with Crippen LogP contribution in [0.5, 0.6) is 0 Å². The van der Waals surface area contributed by atoms with Crippen molar-refractivity contribution in [3.8, 4) is 0 Å². The zero-order chi connectivity index (χ0) is 11.8. The van der Waals surface area contributed by atoms with Gasteiger partial charge < -0.3 is 4.74 Å². The molecule has 2 nitrogen and oxygen atoms in total. The lowest BCUT2D eigenvalue weighted by Crippen LogP contribution is -2.11. The number of esters is 1. The van der Waals surface area contributed by atoms with Gasteiger partial charge in [-0.2, -0.15) is 0 Å². The first-order valence-corrected chi connectivity index (χ1v) is 5.49. The van der Waals surface area contributed by atoms with Gasteiger partial charge in [-0.05, 0) is 19.4 Å². The van der Waals surface area contributed by atoms with Crippen molar-refractivity contribution in [2.24, 2.45) is 5.92 Å². The van der Waals surface area contributed by atoms with Crippen molar-refractivity contribution in [2.75, 3.05) is 6.61 Å².